The van der Waals surface area contributed by atoms with E-state index >= 15 is 0 Å². The molecule has 2 heteroatoms. The number of hydrogen-bond donors (Lipinski definition) is 1. The van der Waals surface area contributed by atoms with Crippen LogP contribution in [0.3, 0.4) is 0 Å². The maximum Gasteiger partial charge on any atom is 0.0304 e. The number of nitrogens with zero attached hydrogens (tertiary/aromatic N) is 1. The highest BCUT2D eigenvalue weighted by molar-refractivity contribution is 4.94. The molecule has 96 valence electrons. The fourth-order valence-electron chi connectivity index (χ4n) is 2.86. The molecule has 0 radical (unpaired) electrons. The van der Waals surface area contributed by atoms with E-state index in [2.05, 4.69) is 32.6 Å². The zero-order valence-electron chi connectivity index (χ0n) is 11.6. The van der Waals surface area contributed by atoms with Gasteiger partial charge in [-0.15, -0.1) is 0 Å². The maximum absolute atomic E-state index is 6.42. The van der Waals surface area contributed by atoms with Crippen molar-refractivity contribution >= 4 is 0 Å². The summed E-state index contributed by atoms with van der Waals surface area (Å²) in [6.07, 6.45) is 6.44. The third-order valence-electron chi connectivity index (χ3n) is 4.27. The van der Waals surface area contributed by atoms with Crippen LogP contribution in [0.15, 0.2) is 0 Å². The SMILES string of the molecule is CCCC(C)CC(N)C(C)(C)N1CCCC1. The summed E-state index contributed by atoms with van der Waals surface area (Å²) in [6, 6.07) is 0.312. The van der Waals surface area contributed by atoms with Gasteiger partial charge in [0.05, 0.1) is 0 Å². The van der Waals surface area contributed by atoms with Crippen molar-refractivity contribution in [3.63, 3.8) is 0 Å². The van der Waals surface area contributed by atoms with Gasteiger partial charge in [-0.25, -0.2) is 0 Å². The van der Waals surface area contributed by atoms with E-state index in [0.717, 1.165) is 12.3 Å². The van der Waals surface area contributed by atoms with Crippen LogP contribution in [0.4, 0.5) is 0 Å². The molecule has 1 heterocycles. The minimum atomic E-state index is 0.179. The van der Waals surface area contributed by atoms with E-state index in [1.807, 2.05) is 0 Å². The molecule has 0 saturated carbocycles. The Labute approximate surface area is 102 Å². The lowest BCUT2D eigenvalue weighted by molar-refractivity contribution is 0.112. The van der Waals surface area contributed by atoms with Crippen LogP contribution in [0.5, 0.6) is 0 Å². The summed E-state index contributed by atoms with van der Waals surface area (Å²) in [6.45, 7) is 11.7. The molecular weight excluding hydrogens is 196 g/mol. The molecule has 1 aliphatic rings. The molecule has 0 aromatic carbocycles. The van der Waals surface area contributed by atoms with Crippen LogP contribution < -0.4 is 5.73 Å². The first-order valence-corrected chi connectivity index (χ1v) is 6.99. The van der Waals surface area contributed by atoms with Crippen molar-refractivity contribution in [2.45, 2.75) is 71.4 Å². The monoisotopic (exact) mass is 226 g/mol. The second-order valence-electron chi connectivity index (χ2n) is 6.08. The van der Waals surface area contributed by atoms with Crippen LogP contribution in [0, 0.1) is 5.92 Å². The lowest BCUT2D eigenvalue weighted by Gasteiger charge is -2.41. The topological polar surface area (TPSA) is 29.3 Å². The minimum absolute atomic E-state index is 0.179. The van der Waals surface area contributed by atoms with E-state index in [-0.39, 0.29) is 5.54 Å². The molecule has 0 bridgehead atoms. The zero-order chi connectivity index (χ0) is 12.2. The summed E-state index contributed by atoms with van der Waals surface area (Å²) < 4.78 is 0. The molecule has 2 nitrogen and oxygen atoms in total. The average Bonchev–Trinajstić information content (AvgIpc) is 2.70. The first-order chi connectivity index (χ1) is 7.48. The number of rotatable bonds is 6. The van der Waals surface area contributed by atoms with Crippen molar-refractivity contribution in [3.8, 4) is 0 Å². The van der Waals surface area contributed by atoms with Crippen molar-refractivity contribution in [1.29, 1.82) is 0 Å². The lowest BCUT2D eigenvalue weighted by Crippen LogP contribution is -2.55. The van der Waals surface area contributed by atoms with Crippen molar-refractivity contribution in [2.75, 3.05) is 13.1 Å². The van der Waals surface area contributed by atoms with Gasteiger partial charge >= 0.3 is 0 Å². The molecule has 1 fully saturated rings. The molecule has 0 spiro atoms. The van der Waals surface area contributed by atoms with Gasteiger partial charge in [0.25, 0.3) is 0 Å². The number of nitrogens with two attached hydrogens (primary N) is 1. The van der Waals surface area contributed by atoms with Crippen LogP contribution in [-0.2, 0) is 0 Å². The Bertz CT molecular complexity index is 195. The van der Waals surface area contributed by atoms with Crippen molar-refractivity contribution in [2.24, 2.45) is 11.7 Å². The first-order valence-electron chi connectivity index (χ1n) is 6.99. The smallest absolute Gasteiger partial charge is 0.0304 e. The van der Waals surface area contributed by atoms with Gasteiger partial charge in [0, 0.05) is 11.6 Å². The summed E-state index contributed by atoms with van der Waals surface area (Å²) in [5.41, 5.74) is 6.60. The molecule has 1 rings (SSSR count). The Morgan fingerprint density at radius 2 is 1.81 bits per heavy atom. The number of likely N-dealkylation sites (tertiary alicyclic amines) is 1. The highest BCUT2D eigenvalue weighted by Crippen LogP contribution is 2.27. The normalized spacial score (nSPS) is 22.3. The summed E-state index contributed by atoms with van der Waals surface area (Å²) in [7, 11) is 0. The van der Waals surface area contributed by atoms with Crippen molar-refractivity contribution in [3.05, 3.63) is 0 Å². The second kappa shape index (κ2) is 6.02. The molecule has 2 atom stereocenters. The molecule has 0 aliphatic carbocycles. The largest absolute Gasteiger partial charge is 0.326 e. The fourth-order valence-corrected chi connectivity index (χ4v) is 2.86. The molecule has 0 amide bonds. The Morgan fingerprint density at radius 3 is 2.31 bits per heavy atom. The van der Waals surface area contributed by atoms with Gasteiger partial charge in [0.1, 0.15) is 0 Å². The van der Waals surface area contributed by atoms with Gasteiger partial charge in [-0.1, -0.05) is 26.7 Å². The minimum Gasteiger partial charge on any atom is -0.326 e. The predicted molar refractivity (Wildman–Crippen MR) is 71.6 cm³/mol. The van der Waals surface area contributed by atoms with Crippen LogP contribution in [-0.4, -0.2) is 29.6 Å². The Balaban J connectivity index is 2.46. The molecule has 16 heavy (non-hydrogen) atoms. The first kappa shape index (κ1) is 14.0. The Hall–Kier alpha value is -0.0800. The van der Waals surface area contributed by atoms with E-state index in [1.54, 1.807) is 0 Å². The molecule has 2 unspecified atom stereocenters. The molecule has 2 N–H and O–H groups in total. The molecule has 1 aliphatic heterocycles. The van der Waals surface area contributed by atoms with Crippen molar-refractivity contribution < 1.29 is 0 Å². The zero-order valence-corrected chi connectivity index (χ0v) is 11.6. The predicted octanol–water partition coefficient (Wildman–Crippen LogP) is 3.01. The van der Waals surface area contributed by atoms with Gasteiger partial charge < -0.3 is 5.73 Å². The van der Waals surface area contributed by atoms with Crippen LogP contribution in [0.2, 0.25) is 0 Å². The van der Waals surface area contributed by atoms with Gasteiger partial charge in [0.15, 0.2) is 0 Å². The van der Waals surface area contributed by atoms with E-state index in [4.69, 9.17) is 5.73 Å². The second-order valence-corrected chi connectivity index (χ2v) is 6.08. The third-order valence-corrected chi connectivity index (χ3v) is 4.27. The average molecular weight is 226 g/mol. The Morgan fingerprint density at radius 1 is 1.25 bits per heavy atom. The molecule has 0 aromatic heterocycles. The maximum atomic E-state index is 6.42. The standard InChI is InChI=1S/C14H30N2/c1-5-8-12(2)11-13(15)14(3,4)16-9-6-7-10-16/h12-13H,5-11,15H2,1-4H3. The number of hydrogen-bond acceptors (Lipinski definition) is 2. The van der Waals surface area contributed by atoms with E-state index < -0.39 is 0 Å². The highest BCUT2D eigenvalue weighted by Gasteiger charge is 2.34. The summed E-state index contributed by atoms with van der Waals surface area (Å²) >= 11 is 0. The van der Waals surface area contributed by atoms with E-state index in [9.17, 15) is 0 Å². The fraction of sp³-hybridized carbons (Fsp3) is 1.00. The van der Waals surface area contributed by atoms with E-state index in [1.165, 1.54) is 38.8 Å². The summed E-state index contributed by atoms with van der Waals surface area (Å²) in [5, 5.41) is 0. The molecule has 1 saturated heterocycles. The Kier molecular flexibility index (Phi) is 5.26. The van der Waals surface area contributed by atoms with Gasteiger partial charge in [0.2, 0.25) is 0 Å². The molecule has 0 aromatic rings. The summed E-state index contributed by atoms with van der Waals surface area (Å²) in [5.74, 6) is 0.766. The van der Waals surface area contributed by atoms with Crippen LogP contribution in [0.1, 0.15) is 59.8 Å². The van der Waals surface area contributed by atoms with Gasteiger partial charge in [-0.05, 0) is 52.1 Å². The van der Waals surface area contributed by atoms with Gasteiger partial charge in [-0.3, -0.25) is 4.90 Å². The third kappa shape index (κ3) is 3.46. The van der Waals surface area contributed by atoms with Crippen LogP contribution >= 0.6 is 0 Å². The highest BCUT2D eigenvalue weighted by atomic mass is 15.2. The molecular formula is C14H30N2. The van der Waals surface area contributed by atoms with Crippen molar-refractivity contribution in [1.82, 2.24) is 4.90 Å². The summed E-state index contributed by atoms with van der Waals surface area (Å²) in [4.78, 5) is 2.58. The van der Waals surface area contributed by atoms with Crippen LogP contribution in [0.25, 0.3) is 0 Å². The quantitative estimate of drug-likeness (QED) is 0.754. The van der Waals surface area contributed by atoms with E-state index in [0.29, 0.717) is 6.04 Å². The lowest BCUT2D eigenvalue weighted by atomic mass is 9.85. The van der Waals surface area contributed by atoms with Gasteiger partial charge in [-0.2, -0.15) is 0 Å².